The van der Waals surface area contributed by atoms with E-state index in [2.05, 4.69) is 12.2 Å². The smallest absolute Gasteiger partial charge is 0.404 e. The average Bonchev–Trinajstić information content (AvgIpc) is 2.76. The lowest BCUT2D eigenvalue weighted by molar-refractivity contribution is -0.283. The summed E-state index contributed by atoms with van der Waals surface area (Å²) >= 11 is 0. The molecule has 1 saturated heterocycles. The van der Waals surface area contributed by atoms with Crippen LogP contribution in [0.5, 0.6) is 0 Å². The highest BCUT2D eigenvalue weighted by Gasteiger charge is 2.39. The van der Waals surface area contributed by atoms with E-state index in [1.165, 1.54) is 0 Å². The van der Waals surface area contributed by atoms with Gasteiger partial charge in [0.05, 0.1) is 12.7 Å². The molecule has 0 radical (unpaired) electrons. The van der Waals surface area contributed by atoms with Crippen LogP contribution in [0.15, 0.2) is 30.3 Å². The number of ether oxygens (including phenoxy) is 2. The summed E-state index contributed by atoms with van der Waals surface area (Å²) in [5.41, 5.74) is 0.762. The molecule has 9 heteroatoms. The van der Waals surface area contributed by atoms with Gasteiger partial charge < -0.3 is 35.2 Å². The molecule has 1 amide bonds. The van der Waals surface area contributed by atoms with Gasteiger partial charge in [-0.15, -0.1) is 0 Å². The molecule has 1 aliphatic rings. The summed E-state index contributed by atoms with van der Waals surface area (Å²) in [6, 6.07) is 9.21. The standard InChI is InChI=1S/C22H36N2O7/c1-2-3-4-8-12-24(13-11-23-22(28)29)14-17(25)19(27)20-18(26)15-30-21(31-20)16-9-6-5-7-10-16/h5-7,9-10,17-21,23,25-27H,2-4,8,11-15H2,1H3,(H,28,29)/t17-,18+,19+,20+,21+/m0/s1. The van der Waals surface area contributed by atoms with Gasteiger partial charge in [0.25, 0.3) is 0 Å². The zero-order valence-corrected chi connectivity index (χ0v) is 18.1. The maximum absolute atomic E-state index is 10.7. The van der Waals surface area contributed by atoms with E-state index in [0.29, 0.717) is 13.1 Å². The highest BCUT2D eigenvalue weighted by atomic mass is 16.7. The maximum atomic E-state index is 10.7. The average molecular weight is 441 g/mol. The third-order valence-corrected chi connectivity index (χ3v) is 5.36. The van der Waals surface area contributed by atoms with Crippen molar-refractivity contribution in [2.75, 3.05) is 32.8 Å². The van der Waals surface area contributed by atoms with Crippen molar-refractivity contribution in [3.05, 3.63) is 35.9 Å². The van der Waals surface area contributed by atoms with Crippen molar-refractivity contribution in [1.29, 1.82) is 0 Å². The number of aliphatic hydroxyl groups is 3. The van der Waals surface area contributed by atoms with Crippen molar-refractivity contribution in [2.24, 2.45) is 0 Å². The molecule has 9 nitrogen and oxygen atoms in total. The fourth-order valence-electron chi connectivity index (χ4n) is 3.62. The molecule has 5 N–H and O–H groups in total. The molecule has 1 fully saturated rings. The number of hydrogen-bond acceptors (Lipinski definition) is 7. The molecular weight excluding hydrogens is 404 g/mol. The van der Waals surface area contributed by atoms with E-state index in [4.69, 9.17) is 14.6 Å². The van der Waals surface area contributed by atoms with Crippen LogP contribution in [0, 0.1) is 0 Å². The third kappa shape index (κ3) is 8.72. The first kappa shape index (κ1) is 25.5. The van der Waals surface area contributed by atoms with Crippen LogP contribution in [0.4, 0.5) is 4.79 Å². The molecule has 1 aromatic carbocycles. The minimum absolute atomic E-state index is 0.0166. The Bertz CT molecular complexity index is 634. The van der Waals surface area contributed by atoms with Gasteiger partial charge in [0.1, 0.15) is 18.3 Å². The first-order chi connectivity index (χ1) is 14.9. The minimum atomic E-state index is -1.32. The highest BCUT2D eigenvalue weighted by molar-refractivity contribution is 5.64. The Balaban J connectivity index is 1.94. The summed E-state index contributed by atoms with van der Waals surface area (Å²) in [6.07, 6.45) is -2.25. The Kier molecular flexibility index (Phi) is 11.2. The molecule has 2 rings (SSSR count). The third-order valence-electron chi connectivity index (χ3n) is 5.36. The number of carboxylic acid groups (broad SMARTS) is 1. The molecule has 1 aromatic rings. The lowest BCUT2D eigenvalue weighted by Gasteiger charge is -2.38. The topological polar surface area (TPSA) is 132 Å². The van der Waals surface area contributed by atoms with Crippen LogP contribution in [0.25, 0.3) is 0 Å². The molecule has 176 valence electrons. The van der Waals surface area contributed by atoms with Crippen LogP contribution in [0.1, 0.15) is 44.5 Å². The molecule has 0 aromatic heterocycles. The largest absolute Gasteiger partial charge is 0.465 e. The number of aliphatic hydroxyl groups excluding tert-OH is 3. The molecule has 0 unspecified atom stereocenters. The van der Waals surface area contributed by atoms with Crippen LogP contribution in [-0.4, -0.2) is 88.6 Å². The van der Waals surface area contributed by atoms with Gasteiger partial charge in [0.15, 0.2) is 6.29 Å². The summed E-state index contributed by atoms with van der Waals surface area (Å²) < 4.78 is 11.3. The lowest BCUT2D eigenvalue weighted by Crippen LogP contribution is -2.54. The zero-order valence-electron chi connectivity index (χ0n) is 18.1. The Morgan fingerprint density at radius 1 is 1.19 bits per heavy atom. The summed E-state index contributed by atoms with van der Waals surface area (Å²) in [7, 11) is 0. The lowest BCUT2D eigenvalue weighted by atomic mass is 10.0. The number of nitrogens with one attached hydrogen (secondary N) is 1. The van der Waals surface area contributed by atoms with E-state index in [-0.39, 0.29) is 19.7 Å². The molecule has 0 spiro atoms. The quantitative estimate of drug-likeness (QED) is 0.290. The second-order valence-electron chi connectivity index (χ2n) is 7.90. The fourth-order valence-corrected chi connectivity index (χ4v) is 3.62. The first-order valence-electron chi connectivity index (χ1n) is 11.0. The predicted octanol–water partition coefficient (Wildman–Crippen LogP) is 1.33. The van der Waals surface area contributed by atoms with E-state index in [1.54, 1.807) is 0 Å². The predicted molar refractivity (Wildman–Crippen MR) is 115 cm³/mol. The number of amides is 1. The van der Waals surface area contributed by atoms with Crippen molar-refractivity contribution in [3.63, 3.8) is 0 Å². The van der Waals surface area contributed by atoms with Crippen molar-refractivity contribution in [2.45, 2.75) is 63.3 Å². The van der Waals surface area contributed by atoms with Gasteiger partial charge in [-0.05, 0) is 13.0 Å². The summed E-state index contributed by atoms with van der Waals surface area (Å²) in [6.45, 7) is 3.55. The number of hydrogen-bond donors (Lipinski definition) is 5. The Labute approximate surface area is 183 Å². The second-order valence-corrected chi connectivity index (χ2v) is 7.90. The molecule has 5 atom stereocenters. The number of nitrogens with zero attached hydrogens (tertiary/aromatic N) is 1. The van der Waals surface area contributed by atoms with E-state index < -0.39 is 36.8 Å². The normalized spacial score (nSPS) is 23.5. The van der Waals surface area contributed by atoms with Crippen LogP contribution < -0.4 is 5.32 Å². The van der Waals surface area contributed by atoms with Crippen LogP contribution in [0.3, 0.4) is 0 Å². The van der Waals surface area contributed by atoms with Gasteiger partial charge in [-0.1, -0.05) is 56.5 Å². The van der Waals surface area contributed by atoms with Gasteiger partial charge in [0, 0.05) is 25.2 Å². The molecule has 0 saturated carbocycles. The van der Waals surface area contributed by atoms with Gasteiger partial charge in [-0.25, -0.2) is 4.79 Å². The highest BCUT2D eigenvalue weighted by Crippen LogP contribution is 2.28. The summed E-state index contributed by atoms with van der Waals surface area (Å²) in [5, 5.41) is 42.8. The molecule has 1 aliphatic heterocycles. The van der Waals surface area contributed by atoms with Gasteiger partial charge in [-0.2, -0.15) is 0 Å². The fraction of sp³-hybridized carbons (Fsp3) is 0.682. The van der Waals surface area contributed by atoms with Gasteiger partial charge in [0.2, 0.25) is 0 Å². The number of carbonyl (C=O) groups is 1. The van der Waals surface area contributed by atoms with Crippen LogP contribution in [-0.2, 0) is 9.47 Å². The summed E-state index contributed by atoms with van der Waals surface area (Å²) in [4.78, 5) is 12.6. The molecule has 31 heavy (non-hydrogen) atoms. The number of benzene rings is 1. The van der Waals surface area contributed by atoms with Crippen LogP contribution in [0.2, 0.25) is 0 Å². The van der Waals surface area contributed by atoms with Crippen LogP contribution >= 0.6 is 0 Å². The van der Waals surface area contributed by atoms with E-state index in [0.717, 1.165) is 31.2 Å². The maximum Gasteiger partial charge on any atom is 0.404 e. The van der Waals surface area contributed by atoms with E-state index >= 15 is 0 Å². The van der Waals surface area contributed by atoms with Crippen molar-refractivity contribution < 1.29 is 34.7 Å². The SMILES string of the molecule is CCCCCCN(CCNC(=O)O)C[C@H](O)[C@@H](O)[C@@H]1O[C@H](c2ccccc2)OC[C@H]1O. The number of unbranched alkanes of at least 4 members (excludes halogenated alkanes) is 3. The minimum Gasteiger partial charge on any atom is -0.465 e. The molecule has 0 bridgehead atoms. The molecule has 0 aliphatic carbocycles. The Morgan fingerprint density at radius 2 is 1.94 bits per heavy atom. The first-order valence-corrected chi connectivity index (χ1v) is 11.0. The van der Waals surface area contributed by atoms with Gasteiger partial charge >= 0.3 is 6.09 Å². The van der Waals surface area contributed by atoms with E-state index in [1.807, 2.05) is 35.2 Å². The Hall–Kier alpha value is -1.75. The molecular formula is C22H36N2O7. The summed E-state index contributed by atoms with van der Waals surface area (Å²) in [5.74, 6) is 0. The molecule has 1 heterocycles. The Morgan fingerprint density at radius 3 is 2.61 bits per heavy atom. The van der Waals surface area contributed by atoms with Gasteiger partial charge in [-0.3, -0.25) is 4.90 Å². The number of rotatable bonds is 13. The van der Waals surface area contributed by atoms with Crippen molar-refractivity contribution >= 4 is 6.09 Å². The monoisotopic (exact) mass is 440 g/mol. The van der Waals surface area contributed by atoms with E-state index in [9.17, 15) is 20.1 Å². The van der Waals surface area contributed by atoms with Crippen molar-refractivity contribution in [3.8, 4) is 0 Å². The second kappa shape index (κ2) is 13.6. The van der Waals surface area contributed by atoms with Crippen molar-refractivity contribution in [1.82, 2.24) is 10.2 Å². The zero-order chi connectivity index (χ0) is 22.6.